The van der Waals surface area contributed by atoms with E-state index in [0.29, 0.717) is 0 Å². The Morgan fingerprint density at radius 2 is 1.89 bits per heavy atom. The first-order valence-electron chi connectivity index (χ1n) is 7.14. The predicted molar refractivity (Wildman–Crippen MR) is 80.7 cm³/mol. The van der Waals surface area contributed by atoms with E-state index in [2.05, 4.69) is 41.4 Å². The summed E-state index contributed by atoms with van der Waals surface area (Å²) in [6.07, 6.45) is 3.63. The fourth-order valence-electron chi connectivity index (χ4n) is 2.49. The highest BCUT2D eigenvalue weighted by atomic mass is 28.4. The van der Waals surface area contributed by atoms with Gasteiger partial charge in [-0.05, 0) is 30.3 Å². The van der Waals surface area contributed by atoms with Crippen LogP contribution in [-0.4, -0.2) is 29.5 Å². The van der Waals surface area contributed by atoms with Crippen LogP contribution in [0.25, 0.3) is 11.2 Å². The molecule has 0 aromatic carbocycles. The predicted octanol–water partition coefficient (Wildman–Crippen LogP) is 3.45. The average molecular weight is 277 g/mol. The quantitative estimate of drug-likeness (QED) is 0.728. The van der Waals surface area contributed by atoms with Gasteiger partial charge in [0.2, 0.25) is 0 Å². The zero-order chi connectivity index (χ0) is 13.7. The zero-order valence-corrected chi connectivity index (χ0v) is 13.1. The molecule has 0 N–H and O–H groups in total. The fourth-order valence-corrected chi connectivity index (χ4v) is 5.13. The van der Waals surface area contributed by atoms with E-state index in [1.54, 1.807) is 6.20 Å². The van der Waals surface area contributed by atoms with Gasteiger partial charge in [0, 0.05) is 12.7 Å². The molecule has 104 valence electrons. The van der Waals surface area contributed by atoms with Gasteiger partial charge in [0.25, 0.3) is 0 Å². The summed E-state index contributed by atoms with van der Waals surface area (Å²) in [7, 11) is -1.47. The number of imidazole rings is 1. The van der Waals surface area contributed by atoms with Crippen LogP contribution in [0.2, 0.25) is 18.1 Å². The fraction of sp³-hybridized carbons (Fsp3) is 0.571. The number of nitrogens with zero attached hydrogens (tertiary/aromatic N) is 3. The van der Waals surface area contributed by atoms with Gasteiger partial charge in [0.1, 0.15) is 0 Å². The monoisotopic (exact) mass is 277 g/mol. The van der Waals surface area contributed by atoms with Crippen molar-refractivity contribution in [2.75, 3.05) is 6.61 Å². The molecular formula is C14H23N3OSi. The van der Waals surface area contributed by atoms with Crippen molar-refractivity contribution in [3.05, 3.63) is 24.7 Å². The molecule has 0 unspecified atom stereocenters. The van der Waals surface area contributed by atoms with Crippen molar-refractivity contribution in [2.24, 2.45) is 0 Å². The van der Waals surface area contributed by atoms with Gasteiger partial charge >= 0.3 is 0 Å². The topological polar surface area (TPSA) is 39.9 Å². The van der Waals surface area contributed by atoms with Crippen LogP contribution in [-0.2, 0) is 11.0 Å². The second kappa shape index (κ2) is 6.30. The van der Waals surface area contributed by atoms with E-state index in [0.717, 1.165) is 24.3 Å². The van der Waals surface area contributed by atoms with Crippen molar-refractivity contribution in [3.8, 4) is 0 Å². The van der Waals surface area contributed by atoms with Gasteiger partial charge in [-0.25, -0.2) is 9.97 Å². The molecular weight excluding hydrogens is 254 g/mol. The van der Waals surface area contributed by atoms with Gasteiger partial charge in [0.15, 0.2) is 14.0 Å². The van der Waals surface area contributed by atoms with Crippen LogP contribution in [0.5, 0.6) is 0 Å². The molecule has 0 radical (unpaired) electrons. The van der Waals surface area contributed by atoms with Crippen molar-refractivity contribution < 1.29 is 4.43 Å². The minimum atomic E-state index is -1.47. The summed E-state index contributed by atoms with van der Waals surface area (Å²) in [5.74, 6) is 0. The molecule has 2 rings (SSSR count). The Hall–Kier alpha value is -1.20. The molecule has 0 bridgehead atoms. The first kappa shape index (κ1) is 14.2. The molecule has 0 aliphatic carbocycles. The minimum absolute atomic E-state index is 0.780. The van der Waals surface area contributed by atoms with Crippen molar-refractivity contribution in [1.29, 1.82) is 0 Å². The standard InChI is InChI=1S/C14H23N3OSi/c1-4-19(5-2,6-3)18-11-10-17-12-16-14-13(17)8-7-9-15-14/h7-9,12H,4-6,10-11H2,1-3H3. The lowest BCUT2D eigenvalue weighted by Crippen LogP contribution is -2.36. The Kier molecular flexibility index (Phi) is 4.71. The van der Waals surface area contributed by atoms with E-state index in [-0.39, 0.29) is 0 Å². The molecule has 0 saturated heterocycles. The molecule has 0 spiro atoms. The van der Waals surface area contributed by atoms with Gasteiger partial charge in [-0.1, -0.05) is 20.8 Å². The molecule has 2 heterocycles. The lowest BCUT2D eigenvalue weighted by molar-refractivity contribution is 0.283. The number of pyridine rings is 1. The summed E-state index contributed by atoms with van der Waals surface area (Å²) in [5, 5.41) is 0. The van der Waals surface area contributed by atoms with Gasteiger partial charge in [0.05, 0.1) is 18.5 Å². The third-order valence-electron chi connectivity index (χ3n) is 4.07. The van der Waals surface area contributed by atoms with E-state index >= 15 is 0 Å². The normalized spacial score (nSPS) is 12.2. The van der Waals surface area contributed by atoms with Crippen LogP contribution in [0.4, 0.5) is 0 Å². The summed E-state index contributed by atoms with van der Waals surface area (Å²) in [6.45, 7) is 8.42. The summed E-state index contributed by atoms with van der Waals surface area (Å²) in [4.78, 5) is 8.54. The molecule has 0 aliphatic rings. The largest absolute Gasteiger partial charge is 0.415 e. The van der Waals surface area contributed by atoms with E-state index in [1.165, 1.54) is 18.1 Å². The number of hydrogen-bond acceptors (Lipinski definition) is 3. The van der Waals surface area contributed by atoms with E-state index in [4.69, 9.17) is 4.43 Å². The number of hydrogen-bond donors (Lipinski definition) is 0. The van der Waals surface area contributed by atoms with Gasteiger partial charge < -0.3 is 8.99 Å². The molecule has 0 saturated carbocycles. The number of fused-ring (bicyclic) bond motifs is 1. The summed E-state index contributed by atoms with van der Waals surface area (Å²) in [5.41, 5.74) is 1.90. The highest BCUT2D eigenvalue weighted by Crippen LogP contribution is 2.21. The molecule has 4 nitrogen and oxygen atoms in total. The molecule has 2 aromatic rings. The number of aromatic nitrogens is 3. The van der Waals surface area contributed by atoms with Crippen molar-refractivity contribution in [2.45, 2.75) is 45.4 Å². The zero-order valence-electron chi connectivity index (χ0n) is 12.1. The van der Waals surface area contributed by atoms with Crippen LogP contribution >= 0.6 is 0 Å². The number of rotatable bonds is 7. The Labute approximate surface area is 116 Å². The third kappa shape index (κ3) is 3.04. The molecule has 2 aromatic heterocycles. The maximum Gasteiger partial charge on any atom is 0.192 e. The SMILES string of the molecule is CC[Si](CC)(CC)OCCn1cnc2ncccc21. The minimum Gasteiger partial charge on any atom is -0.415 e. The van der Waals surface area contributed by atoms with Crippen LogP contribution in [0, 0.1) is 0 Å². The summed E-state index contributed by atoms with van der Waals surface area (Å²) < 4.78 is 8.40. The van der Waals surface area contributed by atoms with Crippen molar-refractivity contribution in [3.63, 3.8) is 0 Å². The second-order valence-corrected chi connectivity index (χ2v) is 9.65. The Balaban J connectivity index is 1.99. The highest BCUT2D eigenvalue weighted by Gasteiger charge is 2.28. The van der Waals surface area contributed by atoms with Crippen molar-refractivity contribution in [1.82, 2.24) is 14.5 Å². The van der Waals surface area contributed by atoms with E-state index in [1.807, 2.05) is 12.4 Å². The Morgan fingerprint density at radius 3 is 2.58 bits per heavy atom. The third-order valence-corrected chi connectivity index (χ3v) is 8.75. The van der Waals surface area contributed by atoms with Crippen LogP contribution in [0.1, 0.15) is 20.8 Å². The molecule has 0 atom stereocenters. The average Bonchev–Trinajstić information content (AvgIpc) is 2.88. The Bertz CT molecular complexity index is 514. The summed E-state index contributed by atoms with van der Waals surface area (Å²) in [6, 6.07) is 7.61. The lowest BCUT2D eigenvalue weighted by atomic mass is 10.4. The van der Waals surface area contributed by atoms with Crippen LogP contribution in [0.3, 0.4) is 0 Å². The molecule has 5 heteroatoms. The molecule has 0 aliphatic heterocycles. The molecule has 0 amide bonds. The van der Waals surface area contributed by atoms with Crippen LogP contribution < -0.4 is 0 Å². The van der Waals surface area contributed by atoms with Gasteiger partial charge in [-0.2, -0.15) is 0 Å². The highest BCUT2D eigenvalue weighted by molar-refractivity contribution is 6.73. The van der Waals surface area contributed by atoms with Gasteiger partial charge in [-0.3, -0.25) is 0 Å². The second-order valence-electron chi connectivity index (χ2n) is 4.88. The lowest BCUT2D eigenvalue weighted by Gasteiger charge is -2.28. The van der Waals surface area contributed by atoms with Crippen LogP contribution in [0.15, 0.2) is 24.7 Å². The maximum absolute atomic E-state index is 6.27. The maximum atomic E-state index is 6.27. The first-order chi connectivity index (χ1) is 9.24. The first-order valence-corrected chi connectivity index (χ1v) is 9.67. The summed E-state index contributed by atoms with van der Waals surface area (Å²) >= 11 is 0. The van der Waals surface area contributed by atoms with E-state index in [9.17, 15) is 0 Å². The van der Waals surface area contributed by atoms with E-state index < -0.39 is 8.32 Å². The van der Waals surface area contributed by atoms with Gasteiger partial charge in [-0.15, -0.1) is 0 Å². The molecule has 19 heavy (non-hydrogen) atoms. The Morgan fingerprint density at radius 1 is 1.16 bits per heavy atom. The van der Waals surface area contributed by atoms with Crippen molar-refractivity contribution >= 4 is 19.5 Å². The smallest absolute Gasteiger partial charge is 0.192 e. The molecule has 0 fully saturated rings.